The molecular formula is C50H66N7O10S+. The average molecular weight is 957 g/mol. The summed E-state index contributed by atoms with van der Waals surface area (Å²) < 4.78 is 6.73. The molecule has 2 aromatic carbocycles. The molecule has 1 unspecified atom stereocenters. The summed E-state index contributed by atoms with van der Waals surface area (Å²) in [5.74, 6) is -2.70. The SMILES string of the molecule is CCC(NC(=O)CCCCNC(=O)[C@H](CSOOO)NC(=O)[C@H]1CCCN1C1=C(/C=C2/N(C)c3ccccc3C2(C)C)C(=O)/C1=C\C1=[N+](C)c2ccccc2C1(C)C)C(=O)NCCCCC(=O)O. The number of hydrogen-bond acceptors (Lipinski definition) is 12. The monoisotopic (exact) mass is 956 g/mol. The fraction of sp³-hybridized carbons (Fsp3) is 0.500. The number of fused-ring (bicyclic) bond motifs is 2. The normalized spacial score (nSPS) is 20.0. The largest absolute Gasteiger partial charge is 0.481 e. The predicted octanol–water partition coefficient (Wildman–Crippen LogP) is 5.34. The van der Waals surface area contributed by atoms with Gasteiger partial charge >= 0.3 is 5.97 Å². The third-order valence-electron chi connectivity index (χ3n) is 13.5. The molecule has 0 aromatic heterocycles. The first-order valence-corrected chi connectivity index (χ1v) is 24.3. The number of aliphatic carboxylic acids is 1. The Labute approximate surface area is 402 Å². The lowest BCUT2D eigenvalue weighted by Crippen LogP contribution is -2.54. The van der Waals surface area contributed by atoms with Gasteiger partial charge in [0.25, 0.3) is 0 Å². The number of Topliss-reactive ketones (excluding diaryl/α,β-unsaturated/α-hetero) is 1. The number of likely N-dealkylation sites (N-methyl/N-ethyl adjacent to an activating group) is 1. The summed E-state index contributed by atoms with van der Waals surface area (Å²) in [6.07, 6.45) is 7.37. The Balaban J connectivity index is 1.16. The fourth-order valence-corrected chi connectivity index (χ4v) is 10.3. The van der Waals surface area contributed by atoms with E-state index in [4.69, 9.17) is 10.4 Å². The first-order valence-electron chi connectivity index (χ1n) is 23.4. The van der Waals surface area contributed by atoms with Crippen molar-refractivity contribution in [2.24, 2.45) is 0 Å². The highest BCUT2D eigenvalue weighted by molar-refractivity contribution is 7.94. The minimum atomic E-state index is -1.11. The topological polar surface area (TPSA) is 219 Å². The molecule has 18 heteroatoms. The number of nitrogens with one attached hydrogen (secondary N) is 4. The van der Waals surface area contributed by atoms with E-state index in [1.165, 1.54) is 0 Å². The van der Waals surface area contributed by atoms with Crippen molar-refractivity contribution in [1.82, 2.24) is 26.2 Å². The highest BCUT2D eigenvalue weighted by atomic mass is 32.2. The first-order chi connectivity index (χ1) is 32.4. The van der Waals surface area contributed by atoms with E-state index < -0.39 is 46.7 Å². The maximum Gasteiger partial charge on any atom is 0.303 e. The molecule has 1 saturated heterocycles. The van der Waals surface area contributed by atoms with Crippen LogP contribution in [0.15, 0.2) is 83.2 Å². The van der Waals surface area contributed by atoms with Crippen molar-refractivity contribution in [1.29, 1.82) is 0 Å². The Hall–Kier alpha value is -5.82. The van der Waals surface area contributed by atoms with E-state index in [1.54, 1.807) is 6.92 Å². The number of carbonyl (C=O) groups is 6. The number of allylic oxidation sites excluding steroid dienone is 5. The molecule has 0 bridgehead atoms. The van der Waals surface area contributed by atoms with E-state index in [0.29, 0.717) is 86.9 Å². The number of hydrogen-bond donors (Lipinski definition) is 6. The smallest absolute Gasteiger partial charge is 0.303 e. The van der Waals surface area contributed by atoms with Crippen molar-refractivity contribution in [3.63, 3.8) is 0 Å². The van der Waals surface area contributed by atoms with Crippen LogP contribution in [-0.2, 0) is 49.0 Å². The number of para-hydroxylation sites is 2. The molecule has 366 valence electrons. The van der Waals surface area contributed by atoms with Gasteiger partial charge in [-0.2, -0.15) is 4.58 Å². The van der Waals surface area contributed by atoms with Crippen molar-refractivity contribution < 1.29 is 53.1 Å². The maximum atomic E-state index is 14.6. The summed E-state index contributed by atoms with van der Waals surface area (Å²) in [7, 11) is 4.01. The van der Waals surface area contributed by atoms with E-state index in [1.807, 2.05) is 55.4 Å². The number of benzene rings is 2. The van der Waals surface area contributed by atoms with Crippen LogP contribution in [0.5, 0.6) is 0 Å². The quantitative estimate of drug-likeness (QED) is 0.0207. The molecule has 68 heavy (non-hydrogen) atoms. The van der Waals surface area contributed by atoms with Crippen molar-refractivity contribution in [2.75, 3.05) is 44.4 Å². The van der Waals surface area contributed by atoms with Crippen LogP contribution in [0.1, 0.15) is 104 Å². The molecule has 17 nitrogen and oxygen atoms in total. The molecule has 3 aliphatic heterocycles. The summed E-state index contributed by atoms with van der Waals surface area (Å²) in [5.41, 5.74) is 7.21. The van der Waals surface area contributed by atoms with Crippen LogP contribution in [-0.4, -0.2) is 119 Å². The van der Waals surface area contributed by atoms with Crippen LogP contribution in [0, 0.1) is 0 Å². The number of anilines is 1. The molecule has 3 heterocycles. The zero-order valence-electron chi connectivity index (χ0n) is 40.1. The van der Waals surface area contributed by atoms with E-state index in [2.05, 4.69) is 92.1 Å². The van der Waals surface area contributed by atoms with Crippen molar-refractivity contribution in [2.45, 2.75) is 121 Å². The van der Waals surface area contributed by atoms with Gasteiger partial charge in [0.1, 0.15) is 25.2 Å². The van der Waals surface area contributed by atoms with Gasteiger partial charge in [0.2, 0.25) is 29.3 Å². The van der Waals surface area contributed by atoms with Crippen LogP contribution >= 0.6 is 12.0 Å². The average Bonchev–Trinajstić information content (AvgIpc) is 3.92. The van der Waals surface area contributed by atoms with Gasteiger partial charge in [0, 0.05) is 91.6 Å². The fourth-order valence-electron chi connectivity index (χ4n) is 9.79. The molecule has 4 aliphatic rings. The summed E-state index contributed by atoms with van der Waals surface area (Å²) in [6, 6.07) is 13.8. The van der Waals surface area contributed by atoms with Gasteiger partial charge in [-0.05, 0) is 76.5 Å². The Morgan fingerprint density at radius 2 is 1.53 bits per heavy atom. The van der Waals surface area contributed by atoms with Gasteiger partial charge in [0.15, 0.2) is 11.5 Å². The Morgan fingerprint density at radius 3 is 2.18 bits per heavy atom. The molecule has 0 radical (unpaired) electrons. The lowest BCUT2D eigenvalue weighted by atomic mass is 9.76. The highest BCUT2D eigenvalue weighted by Gasteiger charge is 2.49. The predicted molar refractivity (Wildman–Crippen MR) is 259 cm³/mol. The molecule has 0 spiro atoms. The molecule has 3 atom stereocenters. The molecule has 0 saturated carbocycles. The number of amides is 4. The number of carbonyl (C=O) groups excluding carboxylic acids is 5. The Morgan fingerprint density at radius 1 is 0.882 bits per heavy atom. The zero-order valence-corrected chi connectivity index (χ0v) is 40.9. The van der Waals surface area contributed by atoms with Crippen LogP contribution in [0.25, 0.3) is 0 Å². The van der Waals surface area contributed by atoms with Gasteiger partial charge in [0.05, 0.1) is 22.4 Å². The molecule has 6 N–H and O–H groups in total. The second-order valence-corrected chi connectivity index (χ2v) is 19.4. The third kappa shape index (κ3) is 11.2. The number of carboxylic acid groups (broad SMARTS) is 1. The van der Waals surface area contributed by atoms with Crippen LogP contribution < -0.4 is 26.2 Å². The zero-order chi connectivity index (χ0) is 49.3. The van der Waals surface area contributed by atoms with Gasteiger partial charge in [-0.25, -0.2) is 5.26 Å². The molecule has 6 rings (SSSR count). The van der Waals surface area contributed by atoms with Crippen molar-refractivity contribution >= 4 is 64.5 Å². The van der Waals surface area contributed by atoms with Crippen LogP contribution in [0.3, 0.4) is 0 Å². The van der Waals surface area contributed by atoms with Gasteiger partial charge in [-0.1, -0.05) is 62.2 Å². The number of unbranched alkanes of at least 4 members (excludes halogenated alkanes) is 2. The van der Waals surface area contributed by atoms with Gasteiger partial charge in [-0.3, -0.25) is 28.8 Å². The van der Waals surface area contributed by atoms with E-state index in [9.17, 15) is 28.8 Å². The summed E-state index contributed by atoms with van der Waals surface area (Å²) >= 11 is 0.636. The second kappa shape index (κ2) is 22.5. The van der Waals surface area contributed by atoms with Crippen molar-refractivity contribution in [3.8, 4) is 0 Å². The van der Waals surface area contributed by atoms with E-state index in [-0.39, 0.29) is 42.7 Å². The van der Waals surface area contributed by atoms with E-state index >= 15 is 0 Å². The van der Waals surface area contributed by atoms with Gasteiger partial charge < -0.3 is 36.2 Å². The Kier molecular flexibility index (Phi) is 17.1. The lowest BCUT2D eigenvalue weighted by molar-refractivity contribution is -0.432. The molecule has 4 amide bonds. The third-order valence-corrected chi connectivity index (χ3v) is 14.2. The standard InChI is InChI=1S/C50H65N7O10S/c1-8-35(46(62)51-26-16-14-24-43(59)60)53-42(58)23-13-15-25-52-47(63)36(30-68-67-66-65)54-48(64)39-22-17-27-57(39)44-31(28-40-49(2,3)33-18-9-11-20-37(33)55(40)6)45(61)32(44)29-41-50(4,5)34-19-10-12-21-38(34)56(41)7/h9-12,18-21,28-29,35-36,39H,8,13-17,22-27,30H2,1-7H3,(H5-,51,52,53,54,58,59,60,62,63,64,65)/p+1/t35?,36-,39+/m0/s1. The van der Waals surface area contributed by atoms with Gasteiger partial charge in [-0.15, -0.1) is 4.33 Å². The number of rotatable bonds is 23. The second-order valence-electron chi connectivity index (χ2n) is 18.7. The summed E-state index contributed by atoms with van der Waals surface area (Å²) in [5, 5.41) is 32.6. The van der Waals surface area contributed by atoms with E-state index in [0.717, 1.165) is 33.9 Å². The Bertz CT molecular complexity index is 2410. The summed E-state index contributed by atoms with van der Waals surface area (Å²) in [4.78, 5) is 82.8. The molecule has 1 aliphatic carbocycles. The number of nitrogens with zero attached hydrogens (tertiary/aromatic N) is 3. The maximum absolute atomic E-state index is 14.6. The molecule has 1 fully saturated rings. The highest BCUT2D eigenvalue weighted by Crippen LogP contribution is 2.49. The van der Waals surface area contributed by atoms with Crippen LogP contribution in [0.2, 0.25) is 0 Å². The summed E-state index contributed by atoms with van der Waals surface area (Å²) in [6.45, 7) is 11.4. The van der Waals surface area contributed by atoms with Crippen LogP contribution in [0.4, 0.5) is 11.4 Å². The molecular weight excluding hydrogens is 891 g/mol. The number of ketones is 1. The minimum Gasteiger partial charge on any atom is -0.481 e. The lowest BCUT2D eigenvalue weighted by Gasteiger charge is -2.37. The number of likely N-dealkylation sites (tertiary alicyclic amines) is 1. The number of carboxylic acids is 1. The molecule has 2 aromatic rings. The minimum absolute atomic E-state index is 0.0215. The first kappa shape index (κ1) is 51.6. The van der Waals surface area contributed by atoms with Crippen molar-refractivity contribution in [3.05, 3.63) is 94.4 Å².